The Labute approximate surface area is 134 Å². The lowest BCUT2D eigenvalue weighted by molar-refractivity contribution is -0.145. The molecule has 0 amide bonds. The first-order valence-corrected chi connectivity index (χ1v) is 8.41. The van der Waals surface area contributed by atoms with E-state index in [1.54, 1.807) is 0 Å². The largest absolute Gasteiger partial charge is 0.480 e. The van der Waals surface area contributed by atoms with E-state index in [9.17, 15) is 14.2 Å². The Hall–Kier alpha value is -1.73. The Morgan fingerprint density at radius 1 is 1.22 bits per heavy atom. The zero-order valence-electron chi connectivity index (χ0n) is 12.9. The van der Waals surface area contributed by atoms with Crippen molar-refractivity contribution in [3.8, 4) is 0 Å². The first-order chi connectivity index (χ1) is 10.9. The molecule has 0 saturated heterocycles. The van der Waals surface area contributed by atoms with Crippen molar-refractivity contribution in [3.63, 3.8) is 0 Å². The van der Waals surface area contributed by atoms with Crippen LogP contribution in [0.3, 0.4) is 0 Å². The first-order valence-electron chi connectivity index (χ1n) is 6.80. The van der Waals surface area contributed by atoms with Crippen molar-refractivity contribution < 1.29 is 33.0 Å². The second kappa shape index (κ2) is 9.42. The van der Waals surface area contributed by atoms with Gasteiger partial charge in [0.15, 0.2) is 0 Å². The monoisotopic (exact) mass is 345 g/mol. The molecule has 0 radical (unpaired) electrons. The molecule has 1 aromatic rings. The molecule has 0 spiro atoms. The van der Waals surface area contributed by atoms with Crippen molar-refractivity contribution in [1.29, 1.82) is 0 Å². The van der Waals surface area contributed by atoms with Gasteiger partial charge >= 0.3 is 19.5 Å². The maximum atomic E-state index is 12.1. The number of carboxylic acids is 1. The fourth-order valence-corrected chi connectivity index (χ4v) is 2.93. The molecule has 0 unspecified atom stereocenters. The lowest BCUT2D eigenvalue weighted by Crippen LogP contribution is -2.38. The number of rotatable bonds is 10. The van der Waals surface area contributed by atoms with Crippen LogP contribution in [0.15, 0.2) is 30.3 Å². The van der Waals surface area contributed by atoms with Crippen LogP contribution in [0.1, 0.15) is 12.0 Å². The molecule has 8 nitrogen and oxygen atoms in total. The molecule has 128 valence electrons. The summed E-state index contributed by atoms with van der Waals surface area (Å²) in [4.78, 5) is 22.8. The van der Waals surface area contributed by atoms with Crippen LogP contribution < -0.4 is 5.32 Å². The molecule has 0 aliphatic rings. The highest BCUT2D eigenvalue weighted by Gasteiger charge is 2.39. The van der Waals surface area contributed by atoms with Gasteiger partial charge < -0.3 is 18.9 Å². The summed E-state index contributed by atoms with van der Waals surface area (Å²) in [5.41, 5.74) is 0.848. The van der Waals surface area contributed by atoms with Crippen molar-refractivity contribution >= 4 is 19.5 Å². The maximum absolute atomic E-state index is 12.1. The van der Waals surface area contributed by atoms with Crippen LogP contribution in [0.25, 0.3) is 0 Å². The summed E-state index contributed by atoms with van der Waals surface area (Å²) in [6, 6.07) is 9.15. The summed E-state index contributed by atoms with van der Waals surface area (Å²) >= 11 is 0. The molecule has 0 aliphatic carbocycles. The topological polar surface area (TPSA) is 111 Å². The minimum Gasteiger partial charge on any atom is -0.480 e. The molecule has 0 heterocycles. The number of carboxylic acid groups (broad SMARTS) is 1. The Balaban J connectivity index is 2.43. The fraction of sp³-hybridized carbons (Fsp3) is 0.429. The summed E-state index contributed by atoms with van der Waals surface area (Å²) in [5.74, 6) is -3.45. The van der Waals surface area contributed by atoms with Gasteiger partial charge in [-0.1, -0.05) is 30.3 Å². The number of benzene rings is 1. The van der Waals surface area contributed by atoms with Crippen LogP contribution >= 0.6 is 7.60 Å². The number of esters is 1. The van der Waals surface area contributed by atoms with E-state index in [4.69, 9.17) is 9.84 Å². The van der Waals surface area contributed by atoms with Crippen molar-refractivity contribution in [2.75, 3.05) is 20.8 Å². The highest BCUT2D eigenvalue weighted by molar-refractivity contribution is 7.55. The number of nitrogens with one attached hydrogen (secondary N) is 1. The molecule has 1 aromatic carbocycles. The first kappa shape index (κ1) is 19.3. The third kappa shape index (κ3) is 6.11. The zero-order chi connectivity index (χ0) is 17.3. The lowest BCUT2D eigenvalue weighted by atomic mass is 10.2. The second-order valence-electron chi connectivity index (χ2n) is 4.50. The van der Waals surface area contributed by atoms with Crippen LogP contribution in [0.5, 0.6) is 0 Å². The van der Waals surface area contributed by atoms with E-state index in [0.717, 1.165) is 19.8 Å². The Morgan fingerprint density at radius 2 is 1.83 bits per heavy atom. The van der Waals surface area contributed by atoms with Crippen molar-refractivity contribution in [1.82, 2.24) is 5.32 Å². The summed E-state index contributed by atoms with van der Waals surface area (Å²) < 4.78 is 26.4. The van der Waals surface area contributed by atoms with Crippen molar-refractivity contribution in [3.05, 3.63) is 35.9 Å². The van der Waals surface area contributed by atoms with Gasteiger partial charge in [0.1, 0.15) is 6.61 Å². The average Bonchev–Trinajstić information content (AvgIpc) is 2.56. The second-order valence-corrected chi connectivity index (χ2v) is 6.82. The predicted molar refractivity (Wildman–Crippen MR) is 81.9 cm³/mol. The highest BCUT2D eigenvalue weighted by atomic mass is 31.2. The predicted octanol–water partition coefficient (Wildman–Crippen LogP) is 1.61. The third-order valence-electron chi connectivity index (χ3n) is 2.97. The van der Waals surface area contributed by atoms with Gasteiger partial charge in [-0.05, 0) is 5.56 Å². The Kier molecular flexibility index (Phi) is 7.91. The van der Waals surface area contributed by atoms with Crippen LogP contribution in [-0.2, 0) is 34.5 Å². The number of carbonyl (C=O) groups is 2. The molecule has 2 N–H and O–H groups in total. The van der Waals surface area contributed by atoms with Gasteiger partial charge in [0, 0.05) is 20.8 Å². The zero-order valence-corrected chi connectivity index (χ0v) is 13.8. The molecule has 1 rings (SSSR count). The van der Waals surface area contributed by atoms with Gasteiger partial charge in [-0.15, -0.1) is 0 Å². The van der Waals surface area contributed by atoms with Crippen LogP contribution in [0.4, 0.5) is 0 Å². The number of aliphatic carboxylic acids is 1. The Morgan fingerprint density at radius 3 is 2.35 bits per heavy atom. The molecule has 0 aromatic heterocycles. The fourth-order valence-electron chi connectivity index (χ4n) is 1.74. The Bertz CT molecular complexity index is 556. The van der Waals surface area contributed by atoms with Gasteiger partial charge in [-0.3, -0.25) is 14.7 Å². The van der Waals surface area contributed by atoms with Crippen LogP contribution in [0, 0.1) is 0 Å². The van der Waals surface area contributed by atoms with Crippen molar-refractivity contribution in [2.45, 2.75) is 18.8 Å². The number of ether oxygens (including phenoxy) is 1. The minimum atomic E-state index is -3.83. The van der Waals surface area contributed by atoms with E-state index < -0.39 is 25.3 Å². The summed E-state index contributed by atoms with van der Waals surface area (Å²) in [6.45, 7) is 0.0952. The van der Waals surface area contributed by atoms with E-state index in [0.29, 0.717) is 0 Å². The van der Waals surface area contributed by atoms with E-state index in [1.807, 2.05) is 30.3 Å². The SMILES string of the molecule is COP(=O)(OC)[C@H](NCCC(=O)OCc1ccccc1)C(=O)O. The highest BCUT2D eigenvalue weighted by Crippen LogP contribution is 2.50. The molecule has 0 saturated carbocycles. The number of hydrogen-bond acceptors (Lipinski definition) is 7. The van der Waals surface area contributed by atoms with Gasteiger partial charge in [-0.2, -0.15) is 0 Å². The van der Waals surface area contributed by atoms with Gasteiger partial charge in [-0.25, -0.2) is 4.79 Å². The van der Waals surface area contributed by atoms with Crippen molar-refractivity contribution in [2.24, 2.45) is 0 Å². The van der Waals surface area contributed by atoms with Gasteiger partial charge in [0.05, 0.1) is 6.42 Å². The summed E-state index contributed by atoms with van der Waals surface area (Å²) in [5, 5.41) is 11.6. The summed E-state index contributed by atoms with van der Waals surface area (Å²) in [6.07, 6.45) is -0.0793. The molecular formula is C14H20NO7P. The molecule has 23 heavy (non-hydrogen) atoms. The molecule has 0 bridgehead atoms. The lowest BCUT2D eigenvalue weighted by Gasteiger charge is -2.21. The molecule has 1 atom stereocenters. The van der Waals surface area contributed by atoms with Crippen LogP contribution in [0.2, 0.25) is 0 Å². The molecular weight excluding hydrogens is 325 g/mol. The van der Waals surface area contributed by atoms with E-state index in [-0.39, 0.29) is 19.6 Å². The maximum Gasteiger partial charge on any atom is 0.358 e. The van der Waals surface area contributed by atoms with E-state index >= 15 is 0 Å². The molecule has 0 fully saturated rings. The van der Waals surface area contributed by atoms with Gasteiger partial charge in [0.2, 0.25) is 5.78 Å². The molecule has 0 aliphatic heterocycles. The third-order valence-corrected chi connectivity index (χ3v) is 5.02. The normalized spacial score (nSPS) is 12.6. The summed E-state index contributed by atoms with van der Waals surface area (Å²) in [7, 11) is -1.65. The average molecular weight is 345 g/mol. The number of hydrogen-bond donors (Lipinski definition) is 2. The van der Waals surface area contributed by atoms with E-state index in [1.165, 1.54) is 0 Å². The number of carbonyl (C=O) groups excluding carboxylic acids is 1. The quantitative estimate of drug-likeness (QED) is 0.486. The molecule has 9 heteroatoms. The van der Waals surface area contributed by atoms with E-state index in [2.05, 4.69) is 14.4 Å². The smallest absolute Gasteiger partial charge is 0.358 e. The standard InChI is InChI=1S/C14H20NO7P/c1-20-23(19,21-2)13(14(17)18)15-9-8-12(16)22-10-11-6-4-3-5-7-11/h3-7,13,15H,8-10H2,1-2H3,(H,17,18)/t13-/m0/s1. The van der Waals surface area contributed by atoms with Gasteiger partial charge in [0.25, 0.3) is 0 Å². The minimum absolute atomic E-state index is 0.0404. The van der Waals surface area contributed by atoms with Crippen LogP contribution in [-0.4, -0.2) is 43.6 Å².